The van der Waals surface area contributed by atoms with Gasteiger partial charge in [-0.15, -0.1) is 0 Å². The first kappa shape index (κ1) is 9.20. The van der Waals surface area contributed by atoms with Crippen LogP contribution in [0.3, 0.4) is 0 Å². The molecule has 0 fully saturated rings. The molecule has 0 saturated carbocycles. The predicted octanol–water partition coefficient (Wildman–Crippen LogP) is 3.53. The predicted molar refractivity (Wildman–Crippen MR) is 61.3 cm³/mol. The van der Waals surface area contributed by atoms with Crippen LogP contribution in [0.25, 0.3) is 5.70 Å². The standard InChI is InChI=1S/C13H15N/c1-10(2)12-8-9-13(14-12)11-6-4-3-5-7-11/h3-7,9-10H,8H2,1-2H3. The maximum atomic E-state index is 4.64. The van der Waals surface area contributed by atoms with Crippen LogP contribution < -0.4 is 0 Å². The molecule has 0 bridgehead atoms. The molecule has 0 radical (unpaired) electrons. The van der Waals surface area contributed by atoms with E-state index >= 15 is 0 Å². The summed E-state index contributed by atoms with van der Waals surface area (Å²) in [6.07, 6.45) is 3.23. The van der Waals surface area contributed by atoms with Crippen LogP contribution in [0.2, 0.25) is 0 Å². The van der Waals surface area contributed by atoms with Gasteiger partial charge in [0.2, 0.25) is 0 Å². The Morgan fingerprint density at radius 2 is 1.86 bits per heavy atom. The van der Waals surface area contributed by atoms with E-state index in [4.69, 9.17) is 0 Å². The molecule has 0 saturated heterocycles. The zero-order chi connectivity index (χ0) is 9.97. The van der Waals surface area contributed by atoms with Gasteiger partial charge in [-0.25, -0.2) is 0 Å². The van der Waals surface area contributed by atoms with Crippen molar-refractivity contribution in [2.45, 2.75) is 20.3 Å². The lowest BCUT2D eigenvalue weighted by atomic mass is 10.1. The number of aliphatic imine (C=N–C) groups is 1. The van der Waals surface area contributed by atoms with Crippen LogP contribution in [0.15, 0.2) is 41.4 Å². The van der Waals surface area contributed by atoms with Gasteiger partial charge in [0.05, 0.1) is 5.70 Å². The third kappa shape index (κ3) is 1.77. The van der Waals surface area contributed by atoms with Crippen LogP contribution in [0.4, 0.5) is 0 Å². The summed E-state index contributed by atoms with van der Waals surface area (Å²) < 4.78 is 0. The van der Waals surface area contributed by atoms with E-state index in [1.54, 1.807) is 0 Å². The van der Waals surface area contributed by atoms with E-state index in [0.717, 1.165) is 12.1 Å². The van der Waals surface area contributed by atoms with Crippen molar-refractivity contribution >= 4 is 11.4 Å². The topological polar surface area (TPSA) is 12.4 Å². The molecule has 2 rings (SSSR count). The summed E-state index contributed by atoms with van der Waals surface area (Å²) in [5, 5.41) is 0. The van der Waals surface area contributed by atoms with Crippen LogP contribution in [0.5, 0.6) is 0 Å². The van der Waals surface area contributed by atoms with Crippen molar-refractivity contribution in [3.05, 3.63) is 42.0 Å². The second kappa shape index (κ2) is 3.79. The highest BCUT2D eigenvalue weighted by Crippen LogP contribution is 2.24. The molecular weight excluding hydrogens is 170 g/mol. The Morgan fingerprint density at radius 1 is 1.14 bits per heavy atom. The van der Waals surface area contributed by atoms with Gasteiger partial charge in [-0.2, -0.15) is 0 Å². The highest BCUT2D eigenvalue weighted by atomic mass is 14.8. The third-order valence-corrected chi connectivity index (χ3v) is 2.50. The summed E-state index contributed by atoms with van der Waals surface area (Å²) in [7, 11) is 0. The number of rotatable bonds is 2. The molecule has 1 nitrogen and oxygen atoms in total. The van der Waals surface area contributed by atoms with Crippen molar-refractivity contribution in [3.8, 4) is 0 Å². The minimum Gasteiger partial charge on any atom is -0.257 e. The summed E-state index contributed by atoms with van der Waals surface area (Å²) >= 11 is 0. The lowest BCUT2D eigenvalue weighted by Gasteiger charge is -2.02. The Labute approximate surface area is 85.2 Å². The van der Waals surface area contributed by atoms with Crippen LogP contribution >= 0.6 is 0 Å². The molecule has 0 aromatic heterocycles. The van der Waals surface area contributed by atoms with Crippen LogP contribution in [-0.2, 0) is 0 Å². The largest absolute Gasteiger partial charge is 0.257 e. The lowest BCUT2D eigenvalue weighted by molar-refractivity contribution is 0.873. The second-order valence-corrected chi connectivity index (χ2v) is 3.92. The fourth-order valence-electron chi connectivity index (χ4n) is 1.60. The van der Waals surface area contributed by atoms with Gasteiger partial charge in [0, 0.05) is 12.1 Å². The van der Waals surface area contributed by atoms with Crippen molar-refractivity contribution in [1.29, 1.82) is 0 Å². The third-order valence-electron chi connectivity index (χ3n) is 2.50. The number of allylic oxidation sites excluding steroid dienone is 1. The van der Waals surface area contributed by atoms with E-state index in [1.807, 2.05) is 6.07 Å². The smallest absolute Gasteiger partial charge is 0.0665 e. The van der Waals surface area contributed by atoms with Crippen LogP contribution in [0.1, 0.15) is 25.8 Å². The van der Waals surface area contributed by atoms with Gasteiger partial charge in [-0.1, -0.05) is 50.3 Å². The van der Waals surface area contributed by atoms with Gasteiger partial charge in [0.1, 0.15) is 0 Å². The molecule has 0 amide bonds. The zero-order valence-electron chi connectivity index (χ0n) is 8.70. The summed E-state index contributed by atoms with van der Waals surface area (Å²) in [6, 6.07) is 10.4. The van der Waals surface area contributed by atoms with E-state index in [0.29, 0.717) is 5.92 Å². The summed E-state index contributed by atoms with van der Waals surface area (Å²) in [5.74, 6) is 0.562. The number of nitrogens with zero attached hydrogens (tertiary/aromatic N) is 1. The summed E-state index contributed by atoms with van der Waals surface area (Å²) in [4.78, 5) is 4.64. The minimum absolute atomic E-state index is 0.562. The van der Waals surface area contributed by atoms with Crippen molar-refractivity contribution in [1.82, 2.24) is 0 Å². The molecule has 0 atom stereocenters. The molecule has 1 aliphatic heterocycles. The monoisotopic (exact) mass is 185 g/mol. The molecule has 1 aliphatic rings. The van der Waals surface area contributed by atoms with Crippen LogP contribution in [-0.4, -0.2) is 5.71 Å². The number of benzene rings is 1. The quantitative estimate of drug-likeness (QED) is 0.668. The highest BCUT2D eigenvalue weighted by Gasteiger charge is 2.12. The van der Waals surface area contributed by atoms with Gasteiger partial charge in [0.25, 0.3) is 0 Å². The Hall–Kier alpha value is -1.37. The molecule has 0 spiro atoms. The molecule has 0 aliphatic carbocycles. The number of hydrogen-bond donors (Lipinski definition) is 0. The van der Waals surface area contributed by atoms with Crippen molar-refractivity contribution < 1.29 is 0 Å². The Balaban J connectivity index is 2.23. The van der Waals surface area contributed by atoms with Gasteiger partial charge < -0.3 is 0 Å². The first-order valence-electron chi connectivity index (χ1n) is 5.10. The van der Waals surface area contributed by atoms with Crippen molar-refractivity contribution in [2.24, 2.45) is 10.9 Å². The van der Waals surface area contributed by atoms with Gasteiger partial charge in [-0.05, 0) is 11.5 Å². The fraction of sp³-hybridized carbons (Fsp3) is 0.308. The lowest BCUT2D eigenvalue weighted by Crippen LogP contribution is -2.02. The Kier molecular flexibility index (Phi) is 2.49. The maximum absolute atomic E-state index is 4.64. The summed E-state index contributed by atoms with van der Waals surface area (Å²) in [6.45, 7) is 4.39. The molecule has 72 valence electrons. The summed E-state index contributed by atoms with van der Waals surface area (Å²) in [5.41, 5.74) is 3.65. The number of hydrogen-bond acceptors (Lipinski definition) is 1. The normalized spacial score (nSPS) is 15.6. The van der Waals surface area contributed by atoms with E-state index in [9.17, 15) is 0 Å². The molecule has 1 heterocycles. The van der Waals surface area contributed by atoms with E-state index < -0.39 is 0 Å². The first-order valence-corrected chi connectivity index (χ1v) is 5.10. The van der Waals surface area contributed by atoms with Gasteiger partial charge >= 0.3 is 0 Å². The van der Waals surface area contributed by atoms with Crippen LogP contribution in [0, 0.1) is 5.92 Å². The van der Waals surface area contributed by atoms with Gasteiger partial charge in [0.15, 0.2) is 0 Å². The Morgan fingerprint density at radius 3 is 2.43 bits per heavy atom. The fourth-order valence-corrected chi connectivity index (χ4v) is 1.60. The van der Waals surface area contributed by atoms with E-state index in [1.165, 1.54) is 11.3 Å². The molecule has 0 N–H and O–H groups in total. The minimum atomic E-state index is 0.562. The Bertz CT molecular complexity index is 371. The van der Waals surface area contributed by atoms with E-state index in [-0.39, 0.29) is 0 Å². The SMILES string of the molecule is CC(C)C1=NC(c2ccccc2)=CC1. The molecule has 1 aromatic carbocycles. The molecular formula is C13H15N. The maximum Gasteiger partial charge on any atom is 0.0665 e. The molecule has 14 heavy (non-hydrogen) atoms. The average molecular weight is 185 g/mol. The van der Waals surface area contributed by atoms with Crippen molar-refractivity contribution in [2.75, 3.05) is 0 Å². The van der Waals surface area contributed by atoms with Crippen molar-refractivity contribution in [3.63, 3.8) is 0 Å². The molecule has 1 aromatic rings. The highest BCUT2D eigenvalue weighted by molar-refractivity contribution is 5.96. The van der Waals surface area contributed by atoms with Gasteiger partial charge in [-0.3, -0.25) is 4.99 Å². The first-order chi connectivity index (χ1) is 6.77. The second-order valence-electron chi connectivity index (χ2n) is 3.92. The molecule has 0 unspecified atom stereocenters. The zero-order valence-corrected chi connectivity index (χ0v) is 8.70. The molecule has 1 heteroatoms. The average Bonchev–Trinajstić information content (AvgIpc) is 2.68. The van der Waals surface area contributed by atoms with E-state index in [2.05, 4.69) is 49.2 Å².